The average Bonchev–Trinajstić information content (AvgIpc) is 2.15. The summed E-state index contributed by atoms with van der Waals surface area (Å²) in [5.74, 6) is 0.935. The fraction of sp³-hybridized carbons (Fsp3) is 0.600. The van der Waals surface area contributed by atoms with Crippen LogP contribution in [0.3, 0.4) is 0 Å². The maximum atomic E-state index is 6.07. The van der Waals surface area contributed by atoms with Crippen molar-refractivity contribution in [1.29, 1.82) is 0 Å². The van der Waals surface area contributed by atoms with Crippen molar-refractivity contribution in [2.45, 2.75) is 25.8 Å². The first kappa shape index (κ1) is 9.40. The molecule has 1 fully saturated rings. The summed E-state index contributed by atoms with van der Waals surface area (Å²) < 4.78 is 0. The maximum absolute atomic E-state index is 6.07. The minimum atomic E-state index is -0.00737. The van der Waals surface area contributed by atoms with E-state index in [1.807, 2.05) is 19.1 Å². The highest BCUT2D eigenvalue weighted by molar-refractivity contribution is 5.43. The van der Waals surface area contributed by atoms with Gasteiger partial charge in [-0.3, -0.25) is 0 Å². The zero-order valence-corrected chi connectivity index (χ0v) is 8.70. The Kier molecular flexibility index (Phi) is 2.15. The Morgan fingerprint density at radius 2 is 2.14 bits per heavy atom. The Morgan fingerprint density at radius 1 is 1.43 bits per heavy atom. The van der Waals surface area contributed by atoms with Gasteiger partial charge in [0.25, 0.3) is 0 Å². The zero-order valence-electron chi connectivity index (χ0n) is 8.70. The molecule has 0 amide bonds. The summed E-state index contributed by atoms with van der Waals surface area (Å²) in [5, 5.41) is 8.14. The molecule has 4 heteroatoms. The Morgan fingerprint density at radius 3 is 2.64 bits per heavy atom. The quantitative estimate of drug-likeness (QED) is 0.750. The summed E-state index contributed by atoms with van der Waals surface area (Å²) in [5.41, 5.74) is 7.01. The van der Waals surface area contributed by atoms with E-state index in [1.165, 1.54) is 0 Å². The second kappa shape index (κ2) is 3.20. The van der Waals surface area contributed by atoms with E-state index in [2.05, 4.69) is 22.0 Å². The average molecular weight is 192 g/mol. The number of rotatable bonds is 2. The first-order chi connectivity index (χ1) is 6.63. The van der Waals surface area contributed by atoms with Crippen molar-refractivity contribution in [3.63, 3.8) is 0 Å². The van der Waals surface area contributed by atoms with Crippen molar-refractivity contribution < 1.29 is 0 Å². The Bertz CT molecular complexity index is 313. The molecule has 0 saturated carbocycles. The van der Waals surface area contributed by atoms with Gasteiger partial charge in [0.05, 0.1) is 11.2 Å². The number of hydrogen-bond donors (Lipinski definition) is 1. The number of aryl methyl sites for hydroxylation is 1. The van der Waals surface area contributed by atoms with Gasteiger partial charge in [0.2, 0.25) is 0 Å². The third-order valence-electron chi connectivity index (χ3n) is 2.82. The lowest BCUT2D eigenvalue weighted by atomic mass is 9.88. The number of nitrogens with zero attached hydrogens (tertiary/aromatic N) is 3. The van der Waals surface area contributed by atoms with Crippen LogP contribution in [0.1, 0.15) is 19.0 Å². The summed E-state index contributed by atoms with van der Waals surface area (Å²) >= 11 is 0. The van der Waals surface area contributed by atoms with E-state index in [1.54, 1.807) is 0 Å². The van der Waals surface area contributed by atoms with Crippen LogP contribution in [0.4, 0.5) is 5.82 Å². The second-order valence-electron chi connectivity index (χ2n) is 4.10. The van der Waals surface area contributed by atoms with Crippen LogP contribution in [-0.4, -0.2) is 28.8 Å². The summed E-state index contributed by atoms with van der Waals surface area (Å²) in [7, 11) is 0. The Labute approximate surface area is 84.1 Å². The van der Waals surface area contributed by atoms with E-state index in [-0.39, 0.29) is 5.54 Å². The highest BCUT2D eigenvalue weighted by atomic mass is 15.3. The van der Waals surface area contributed by atoms with Crippen LogP contribution in [0.25, 0.3) is 0 Å². The number of aromatic nitrogens is 2. The number of nitrogens with two attached hydrogens (primary N) is 1. The van der Waals surface area contributed by atoms with Crippen molar-refractivity contribution in [3.05, 3.63) is 17.8 Å². The van der Waals surface area contributed by atoms with Gasteiger partial charge in [-0.05, 0) is 25.5 Å². The van der Waals surface area contributed by atoms with Crippen LogP contribution in [-0.2, 0) is 0 Å². The minimum Gasteiger partial charge on any atom is -0.351 e. The van der Waals surface area contributed by atoms with Crippen molar-refractivity contribution >= 4 is 5.82 Å². The number of hydrogen-bond acceptors (Lipinski definition) is 4. The van der Waals surface area contributed by atoms with Gasteiger partial charge >= 0.3 is 0 Å². The maximum Gasteiger partial charge on any atom is 0.151 e. The fourth-order valence-electron chi connectivity index (χ4n) is 1.66. The monoisotopic (exact) mass is 192 g/mol. The van der Waals surface area contributed by atoms with E-state index in [0.29, 0.717) is 0 Å². The molecular formula is C10H16N4. The molecule has 1 aliphatic heterocycles. The van der Waals surface area contributed by atoms with Gasteiger partial charge in [0.15, 0.2) is 5.82 Å². The van der Waals surface area contributed by atoms with Gasteiger partial charge in [-0.2, -0.15) is 5.10 Å². The molecule has 0 spiro atoms. The largest absolute Gasteiger partial charge is 0.351 e. The number of anilines is 1. The molecule has 1 aromatic rings. The smallest absolute Gasteiger partial charge is 0.151 e. The lowest BCUT2D eigenvalue weighted by molar-refractivity contribution is 0.319. The lowest BCUT2D eigenvalue weighted by Gasteiger charge is -2.47. The molecule has 0 aromatic carbocycles. The molecule has 2 N–H and O–H groups in total. The van der Waals surface area contributed by atoms with Gasteiger partial charge < -0.3 is 10.6 Å². The summed E-state index contributed by atoms with van der Waals surface area (Å²) in [6.07, 6.45) is 1.02. The van der Waals surface area contributed by atoms with Gasteiger partial charge in [-0.15, -0.1) is 5.10 Å². The van der Waals surface area contributed by atoms with Crippen molar-refractivity contribution in [2.75, 3.05) is 18.0 Å². The van der Waals surface area contributed by atoms with E-state index in [0.717, 1.165) is 31.0 Å². The van der Waals surface area contributed by atoms with Crippen molar-refractivity contribution in [1.82, 2.24) is 10.2 Å². The summed E-state index contributed by atoms with van der Waals surface area (Å²) in [6.45, 7) is 5.84. The predicted molar refractivity (Wildman–Crippen MR) is 56.2 cm³/mol. The van der Waals surface area contributed by atoms with Gasteiger partial charge in [-0.1, -0.05) is 6.92 Å². The molecule has 76 valence electrons. The first-order valence-corrected chi connectivity index (χ1v) is 4.97. The molecule has 0 unspecified atom stereocenters. The lowest BCUT2D eigenvalue weighted by Crippen LogP contribution is -2.67. The molecule has 0 bridgehead atoms. The van der Waals surface area contributed by atoms with Crippen molar-refractivity contribution in [2.24, 2.45) is 5.73 Å². The summed E-state index contributed by atoms with van der Waals surface area (Å²) in [4.78, 5) is 2.16. The third-order valence-corrected chi connectivity index (χ3v) is 2.82. The molecule has 1 aliphatic rings. The molecule has 0 aliphatic carbocycles. The predicted octanol–water partition coefficient (Wildman–Crippen LogP) is 0.713. The second-order valence-corrected chi connectivity index (χ2v) is 4.10. The van der Waals surface area contributed by atoms with Crippen LogP contribution in [0.15, 0.2) is 12.1 Å². The topological polar surface area (TPSA) is 55.0 Å². The third kappa shape index (κ3) is 1.57. The molecule has 0 radical (unpaired) electrons. The van der Waals surface area contributed by atoms with Gasteiger partial charge in [-0.25, -0.2) is 0 Å². The normalized spacial score (nSPS) is 19.2. The molecule has 1 aromatic heterocycles. The van der Waals surface area contributed by atoms with E-state index >= 15 is 0 Å². The Balaban J connectivity index is 2.03. The van der Waals surface area contributed by atoms with Crippen LogP contribution in [0.2, 0.25) is 0 Å². The molecule has 2 rings (SSSR count). The molecule has 0 atom stereocenters. The van der Waals surface area contributed by atoms with Crippen LogP contribution < -0.4 is 10.6 Å². The first-order valence-electron chi connectivity index (χ1n) is 4.97. The highest BCUT2D eigenvalue weighted by Gasteiger charge is 2.38. The molecule has 4 nitrogen and oxygen atoms in total. The zero-order chi connectivity index (χ0) is 10.2. The highest BCUT2D eigenvalue weighted by Crippen LogP contribution is 2.25. The van der Waals surface area contributed by atoms with E-state index < -0.39 is 0 Å². The van der Waals surface area contributed by atoms with Crippen LogP contribution in [0.5, 0.6) is 0 Å². The SMILES string of the molecule is CCC1(N)CN(c2ccc(C)nn2)C1. The molecule has 1 saturated heterocycles. The Hall–Kier alpha value is -1.16. The van der Waals surface area contributed by atoms with Gasteiger partial charge in [0.1, 0.15) is 0 Å². The minimum absolute atomic E-state index is 0.00737. The van der Waals surface area contributed by atoms with Crippen molar-refractivity contribution in [3.8, 4) is 0 Å². The van der Waals surface area contributed by atoms with Gasteiger partial charge in [0, 0.05) is 13.1 Å². The molecular weight excluding hydrogens is 176 g/mol. The molecule has 2 heterocycles. The molecule has 14 heavy (non-hydrogen) atoms. The standard InChI is InChI=1S/C10H16N4/c1-3-10(11)6-14(7-10)9-5-4-8(2)12-13-9/h4-5H,3,6-7,11H2,1-2H3. The van der Waals surface area contributed by atoms with E-state index in [4.69, 9.17) is 5.73 Å². The van der Waals surface area contributed by atoms with Crippen LogP contribution in [0, 0.1) is 6.92 Å². The fourth-order valence-corrected chi connectivity index (χ4v) is 1.66. The van der Waals surface area contributed by atoms with Crippen LogP contribution >= 0.6 is 0 Å². The summed E-state index contributed by atoms with van der Waals surface area (Å²) in [6, 6.07) is 3.97. The van der Waals surface area contributed by atoms with E-state index in [9.17, 15) is 0 Å².